The van der Waals surface area contributed by atoms with Crippen LogP contribution in [0.3, 0.4) is 0 Å². The number of carbonyl (C=O) groups excluding carboxylic acids is 2. The lowest BCUT2D eigenvalue weighted by Crippen LogP contribution is -2.51. The molecule has 1 N–H and O–H groups in total. The Labute approximate surface area is 112 Å². The quantitative estimate of drug-likeness (QED) is 0.777. The largest absolute Gasteiger partial charge is 0.454 e. The van der Waals surface area contributed by atoms with Gasteiger partial charge in [-0.15, -0.1) is 0 Å². The van der Waals surface area contributed by atoms with Gasteiger partial charge in [-0.25, -0.2) is 0 Å². The average molecular weight is 259 g/mol. The molecular formula is C15H17NO3. The summed E-state index contributed by atoms with van der Waals surface area (Å²) >= 11 is 0. The molecular weight excluding hydrogens is 242 g/mol. The summed E-state index contributed by atoms with van der Waals surface area (Å²) in [6, 6.07) is 8.29. The Balaban J connectivity index is 2.00. The second-order valence-electron chi connectivity index (χ2n) is 5.25. The summed E-state index contributed by atoms with van der Waals surface area (Å²) in [7, 11) is 0. The molecule has 0 amide bonds. The number of fused-ring (bicyclic) bond motifs is 3. The van der Waals surface area contributed by atoms with Crippen molar-refractivity contribution in [1.82, 2.24) is 5.32 Å². The van der Waals surface area contributed by atoms with E-state index < -0.39 is 6.10 Å². The summed E-state index contributed by atoms with van der Waals surface area (Å²) in [4.78, 5) is 23.3. The molecule has 0 saturated heterocycles. The zero-order valence-electron chi connectivity index (χ0n) is 10.9. The zero-order valence-corrected chi connectivity index (χ0v) is 10.9. The number of Topliss-reactive ketones (excluding diaryl/α,β-unsaturated/α-hetero) is 1. The van der Waals surface area contributed by atoms with E-state index in [-0.39, 0.29) is 23.7 Å². The molecule has 1 fully saturated rings. The first-order valence-corrected chi connectivity index (χ1v) is 6.68. The fraction of sp³-hybridized carbons (Fsp3) is 0.467. The molecule has 1 aromatic rings. The molecule has 1 aromatic carbocycles. The highest BCUT2D eigenvalue weighted by molar-refractivity contribution is 5.87. The van der Waals surface area contributed by atoms with Crippen molar-refractivity contribution in [2.24, 2.45) is 0 Å². The lowest BCUT2D eigenvalue weighted by atomic mass is 9.73. The van der Waals surface area contributed by atoms with Crippen molar-refractivity contribution in [3.8, 4) is 0 Å². The van der Waals surface area contributed by atoms with E-state index in [4.69, 9.17) is 4.74 Å². The predicted octanol–water partition coefficient (Wildman–Crippen LogP) is 1.54. The van der Waals surface area contributed by atoms with Crippen LogP contribution >= 0.6 is 0 Å². The fourth-order valence-electron chi connectivity index (χ4n) is 3.22. The maximum Gasteiger partial charge on any atom is 0.303 e. The molecule has 1 saturated carbocycles. The Hall–Kier alpha value is -1.68. The van der Waals surface area contributed by atoms with Crippen LogP contribution in [0.4, 0.5) is 0 Å². The third kappa shape index (κ3) is 2.16. The first-order valence-electron chi connectivity index (χ1n) is 6.68. The minimum absolute atomic E-state index is 0.0370. The summed E-state index contributed by atoms with van der Waals surface area (Å²) in [6.07, 6.45) is 0.661. The number of benzene rings is 1. The first-order chi connectivity index (χ1) is 9.16. The summed E-state index contributed by atoms with van der Waals surface area (Å²) in [5, 5.41) is 3.46. The molecule has 0 aromatic heterocycles. The van der Waals surface area contributed by atoms with Gasteiger partial charge in [0.15, 0.2) is 11.9 Å². The van der Waals surface area contributed by atoms with Crippen LogP contribution in [-0.2, 0) is 20.9 Å². The molecule has 0 spiro atoms. The van der Waals surface area contributed by atoms with Gasteiger partial charge in [-0.3, -0.25) is 9.59 Å². The predicted molar refractivity (Wildman–Crippen MR) is 69.6 cm³/mol. The minimum atomic E-state index is -0.634. The van der Waals surface area contributed by atoms with Gasteiger partial charge < -0.3 is 10.1 Å². The Morgan fingerprint density at radius 2 is 2.16 bits per heavy atom. The Morgan fingerprint density at radius 1 is 1.37 bits per heavy atom. The molecule has 2 aliphatic rings. The van der Waals surface area contributed by atoms with Crippen molar-refractivity contribution >= 4 is 11.8 Å². The van der Waals surface area contributed by atoms with E-state index in [2.05, 4.69) is 11.4 Å². The van der Waals surface area contributed by atoms with Crippen LogP contribution in [-0.4, -0.2) is 23.9 Å². The second-order valence-corrected chi connectivity index (χ2v) is 5.25. The number of hydrogen-bond acceptors (Lipinski definition) is 4. The van der Waals surface area contributed by atoms with Gasteiger partial charge in [0, 0.05) is 31.8 Å². The molecule has 3 unspecified atom stereocenters. The maximum absolute atomic E-state index is 12.1. The standard InChI is InChI=1S/C15H17NO3/c1-9(17)19-15-13(18)7-6-12-14(15)11-5-3-2-4-10(11)8-16-12/h2-5,12,14-16H,6-8H2,1H3. The fourth-order valence-corrected chi connectivity index (χ4v) is 3.22. The van der Waals surface area contributed by atoms with Crippen molar-refractivity contribution in [2.75, 3.05) is 0 Å². The summed E-state index contributed by atoms with van der Waals surface area (Å²) in [5.41, 5.74) is 2.33. The molecule has 4 heteroatoms. The van der Waals surface area contributed by atoms with Crippen LogP contribution in [0.15, 0.2) is 24.3 Å². The molecule has 0 radical (unpaired) electrons. The van der Waals surface area contributed by atoms with Gasteiger partial charge >= 0.3 is 5.97 Å². The van der Waals surface area contributed by atoms with Crippen molar-refractivity contribution < 1.29 is 14.3 Å². The van der Waals surface area contributed by atoms with Crippen LogP contribution in [0, 0.1) is 0 Å². The number of ketones is 1. The SMILES string of the molecule is CC(=O)OC1C(=O)CCC2NCc3ccccc3C21. The van der Waals surface area contributed by atoms with Crippen molar-refractivity contribution in [3.63, 3.8) is 0 Å². The van der Waals surface area contributed by atoms with Crippen molar-refractivity contribution in [1.29, 1.82) is 0 Å². The lowest BCUT2D eigenvalue weighted by Gasteiger charge is -2.41. The average Bonchev–Trinajstić information content (AvgIpc) is 2.41. The van der Waals surface area contributed by atoms with E-state index in [1.54, 1.807) is 0 Å². The summed E-state index contributed by atoms with van der Waals surface area (Å²) < 4.78 is 5.30. The smallest absolute Gasteiger partial charge is 0.303 e. The highest BCUT2D eigenvalue weighted by Gasteiger charge is 2.43. The van der Waals surface area contributed by atoms with Gasteiger partial charge in [0.1, 0.15) is 0 Å². The normalized spacial score (nSPS) is 29.3. The monoisotopic (exact) mass is 259 g/mol. The summed E-state index contributed by atoms with van der Waals surface area (Å²) in [6.45, 7) is 2.18. The molecule has 100 valence electrons. The van der Waals surface area contributed by atoms with E-state index in [0.717, 1.165) is 18.5 Å². The van der Waals surface area contributed by atoms with Gasteiger partial charge in [0.05, 0.1) is 0 Å². The van der Waals surface area contributed by atoms with E-state index in [0.29, 0.717) is 6.42 Å². The topological polar surface area (TPSA) is 55.4 Å². The molecule has 19 heavy (non-hydrogen) atoms. The number of nitrogens with one attached hydrogen (secondary N) is 1. The molecule has 4 nitrogen and oxygen atoms in total. The minimum Gasteiger partial charge on any atom is -0.454 e. The van der Waals surface area contributed by atoms with Crippen LogP contribution in [0.2, 0.25) is 0 Å². The number of ether oxygens (including phenoxy) is 1. The molecule has 0 bridgehead atoms. The van der Waals surface area contributed by atoms with Crippen molar-refractivity contribution in [2.45, 2.75) is 44.4 Å². The highest BCUT2D eigenvalue weighted by Crippen LogP contribution is 2.38. The molecule has 1 aliphatic heterocycles. The Morgan fingerprint density at radius 3 is 2.95 bits per heavy atom. The van der Waals surface area contributed by atoms with E-state index in [1.807, 2.05) is 18.2 Å². The van der Waals surface area contributed by atoms with Crippen LogP contribution in [0.5, 0.6) is 0 Å². The van der Waals surface area contributed by atoms with Crippen molar-refractivity contribution in [3.05, 3.63) is 35.4 Å². The van der Waals surface area contributed by atoms with Crippen LogP contribution in [0.25, 0.3) is 0 Å². The Kier molecular flexibility index (Phi) is 3.11. The van der Waals surface area contributed by atoms with E-state index >= 15 is 0 Å². The van der Waals surface area contributed by atoms with E-state index in [1.165, 1.54) is 12.5 Å². The molecule has 1 heterocycles. The first kappa shape index (κ1) is 12.4. The number of rotatable bonds is 1. The molecule has 3 rings (SSSR count). The summed E-state index contributed by atoms with van der Waals surface area (Å²) in [5.74, 6) is -0.396. The van der Waals surface area contributed by atoms with Crippen LogP contribution < -0.4 is 5.32 Å². The highest BCUT2D eigenvalue weighted by atomic mass is 16.5. The maximum atomic E-state index is 12.1. The van der Waals surface area contributed by atoms with Gasteiger partial charge in [0.2, 0.25) is 0 Å². The third-order valence-electron chi connectivity index (χ3n) is 4.04. The molecule has 3 atom stereocenters. The lowest BCUT2D eigenvalue weighted by molar-refractivity contribution is -0.157. The van der Waals surface area contributed by atoms with Gasteiger partial charge in [0.25, 0.3) is 0 Å². The third-order valence-corrected chi connectivity index (χ3v) is 4.04. The van der Waals surface area contributed by atoms with E-state index in [9.17, 15) is 9.59 Å². The number of carbonyl (C=O) groups is 2. The zero-order chi connectivity index (χ0) is 13.4. The van der Waals surface area contributed by atoms with Gasteiger partial charge in [-0.1, -0.05) is 24.3 Å². The molecule has 1 aliphatic carbocycles. The number of esters is 1. The second kappa shape index (κ2) is 4.78. The Bertz CT molecular complexity index is 526. The van der Waals surface area contributed by atoms with Gasteiger partial charge in [-0.2, -0.15) is 0 Å². The van der Waals surface area contributed by atoms with Crippen LogP contribution in [0.1, 0.15) is 36.8 Å². The van der Waals surface area contributed by atoms with Gasteiger partial charge in [-0.05, 0) is 17.5 Å². The number of hydrogen-bond donors (Lipinski definition) is 1.